The third kappa shape index (κ3) is 5.50. The highest BCUT2D eigenvalue weighted by atomic mass is 19.4. The standard InChI is InChI=1S/C17H13F3N6O4/c1-9(27)23-13-5-2-10(6-22-13)8-29-16(28)24-11-3-4-12(21-7-11)14-25-15(30-26-14)17(18,19)20/h2-7H,8H2,1H3,(H,24,28)(H,22,23,27). The smallest absolute Gasteiger partial charge is 0.444 e. The van der Waals surface area contributed by atoms with Gasteiger partial charge in [0.1, 0.15) is 18.1 Å². The van der Waals surface area contributed by atoms with Crippen LogP contribution in [0.15, 0.2) is 41.2 Å². The van der Waals surface area contributed by atoms with E-state index in [0.717, 1.165) is 0 Å². The molecule has 0 aliphatic heterocycles. The highest BCUT2D eigenvalue weighted by Crippen LogP contribution is 2.29. The molecule has 13 heteroatoms. The number of carbonyl (C=O) groups excluding carboxylic acids is 2. The number of ether oxygens (including phenoxy) is 1. The van der Waals surface area contributed by atoms with E-state index >= 15 is 0 Å². The summed E-state index contributed by atoms with van der Waals surface area (Å²) in [5.41, 5.74) is 0.853. The molecule has 0 atom stereocenters. The lowest BCUT2D eigenvalue weighted by atomic mass is 10.3. The molecule has 0 aliphatic carbocycles. The maximum Gasteiger partial charge on any atom is 0.471 e. The molecule has 0 aromatic carbocycles. The lowest BCUT2D eigenvalue weighted by molar-refractivity contribution is -0.159. The highest BCUT2D eigenvalue weighted by Gasteiger charge is 2.38. The quantitative estimate of drug-likeness (QED) is 0.640. The first kappa shape index (κ1) is 20.7. The summed E-state index contributed by atoms with van der Waals surface area (Å²) in [4.78, 5) is 33.9. The van der Waals surface area contributed by atoms with Crippen LogP contribution in [0.3, 0.4) is 0 Å². The van der Waals surface area contributed by atoms with Gasteiger partial charge in [-0.2, -0.15) is 18.2 Å². The van der Waals surface area contributed by atoms with E-state index in [1.807, 2.05) is 0 Å². The molecule has 0 spiro atoms. The number of halogens is 3. The summed E-state index contributed by atoms with van der Waals surface area (Å²) in [6.07, 6.45) is -2.90. The van der Waals surface area contributed by atoms with E-state index in [4.69, 9.17) is 4.74 Å². The molecule has 3 aromatic rings. The molecular formula is C17H13F3N6O4. The molecule has 2 N–H and O–H groups in total. The number of pyridine rings is 2. The molecule has 0 radical (unpaired) electrons. The molecule has 0 saturated carbocycles. The van der Waals surface area contributed by atoms with Gasteiger partial charge in [-0.15, -0.1) is 0 Å². The van der Waals surface area contributed by atoms with Gasteiger partial charge in [-0.25, -0.2) is 9.78 Å². The number of anilines is 2. The SMILES string of the molecule is CC(=O)Nc1ccc(COC(=O)Nc2ccc(-c3noc(C(F)(F)F)n3)nc2)cn1. The van der Waals surface area contributed by atoms with Crippen LogP contribution >= 0.6 is 0 Å². The first-order valence-corrected chi connectivity index (χ1v) is 8.24. The van der Waals surface area contributed by atoms with E-state index in [-0.39, 0.29) is 29.7 Å². The number of rotatable bonds is 5. The number of hydrogen-bond acceptors (Lipinski definition) is 8. The Kier molecular flexibility index (Phi) is 5.90. The average Bonchev–Trinajstić information content (AvgIpc) is 3.18. The van der Waals surface area contributed by atoms with Gasteiger partial charge in [-0.05, 0) is 18.2 Å². The largest absolute Gasteiger partial charge is 0.471 e. The predicted octanol–water partition coefficient (Wildman–Crippen LogP) is 3.25. The fourth-order valence-corrected chi connectivity index (χ4v) is 2.11. The van der Waals surface area contributed by atoms with Crippen molar-refractivity contribution in [2.75, 3.05) is 10.6 Å². The number of amides is 2. The number of hydrogen-bond donors (Lipinski definition) is 2. The lowest BCUT2D eigenvalue weighted by Crippen LogP contribution is -2.14. The molecule has 156 valence electrons. The van der Waals surface area contributed by atoms with Crippen molar-refractivity contribution in [2.24, 2.45) is 0 Å². The average molecular weight is 422 g/mol. The minimum atomic E-state index is -4.75. The van der Waals surface area contributed by atoms with Gasteiger partial charge in [-0.1, -0.05) is 11.2 Å². The van der Waals surface area contributed by atoms with Crippen LogP contribution in [-0.2, 0) is 22.3 Å². The van der Waals surface area contributed by atoms with Gasteiger partial charge < -0.3 is 14.6 Å². The van der Waals surface area contributed by atoms with Gasteiger partial charge in [0.05, 0.1) is 11.9 Å². The zero-order valence-corrected chi connectivity index (χ0v) is 15.2. The third-order valence-corrected chi connectivity index (χ3v) is 3.41. The van der Waals surface area contributed by atoms with Crippen molar-refractivity contribution >= 4 is 23.5 Å². The second kappa shape index (κ2) is 8.55. The van der Waals surface area contributed by atoms with Gasteiger partial charge in [0.25, 0.3) is 0 Å². The van der Waals surface area contributed by atoms with E-state index < -0.39 is 18.2 Å². The Hall–Kier alpha value is -4.03. The van der Waals surface area contributed by atoms with E-state index in [0.29, 0.717) is 11.4 Å². The monoisotopic (exact) mass is 422 g/mol. The first-order valence-electron chi connectivity index (χ1n) is 8.24. The van der Waals surface area contributed by atoms with Crippen molar-refractivity contribution in [1.29, 1.82) is 0 Å². The number of alkyl halides is 3. The van der Waals surface area contributed by atoms with Crippen LogP contribution in [0.25, 0.3) is 11.5 Å². The van der Waals surface area contributed by atoms with Crippen LogP contribution < -0.4 is 10.6 Å². The number of carbonyl (C=O) groups is 2. The Morgan fingerprint density at radius 2 is 1.90 bits per heavy atom. The fourth-order valence-electron chi connectivity index (χ4n) is 2.11. The molecule has 10 nitrogen and oxygen atoms in total. The Morgan fingerprint density at radius 1 is 1.10 bits per heavy atom. The van der Waals surface area contributed by atoms with Gasteiger partial charge in [0, 0.05) is 18.7 Å². The summed E-state index contributed by atoms with van der Waals surface area (Å²) in [5.74, 6) is -1.72. The first-order chi connectivity index (χ1) is 14.2. The molecule has 3 rings (SSSR count). The summed E-state index contributed by atoms with van der Waals surface area (Å²) in [7, 11) is 0. The topological polar surface area (TPSA) is 132 Å². The van der Waals surface area contributed by atoms with Crippen LogP contribution in [0.4, 0.5) is 29.5 Å². The Morgan fingerprint density at radius 3 is 2.47 bits per heavy atom. The van der Waals surface area contributed by atoms with Gasteiger partial charge in [-0.3, -0.25) is 15.1 Å². The number of aromatic nitrogens is 4. The molecule has 0 bridgehead atoms. The molecule has 3 heterocycles. The van der Waals surface area contributed by atoms with Crippen molar-refractivity contribution < 1.29 is 32.0 Å². The Bertz CT molecular complexity index is 1030. The summed E-state index contributed by atoms with van der Waals surface area (Å²) >= 11 is 0. The van der Waals surface area contributed by atoms with E-state index in [9.17, 15) is 22.8 Å². The molecule has 30 heavy (non-hydrogen) atoms. The van der Waals surface area contributed by atoms with Crippen molar-refractivity contribution in [3.05, 3.63) is 48.1 Å². The summed E-state index contributed by atoms with van der Waals surface area (Å²) in [6.45, 7) is 1.28. The summed E-state index contributed by atoms with van der Waals surface area (Å²) in [5, 5.41) is 8.14. The zero-order chi connectivity index (χ0) is 21.7. The molecule has 0 fully saturated rings. The van der Waals surface area contributed by atoms with Crippen LogP contribution in [0.5, 0.6) is 0 Å². The minimum Gasteiger partial charge on any atom is -0.444 e. The molecular weight excluding hydrogens is 409 g/mol. The molecule has 0 aliphatic rings. The van der Waals surface area contributed by atoms with Crippen LogP contribution in [0.1, 0.15) is 18.4 Å². The van der Waals surface area contributed by atoms with Crippen molar-refractivity contribution in [3.63, 3.8) is 0 Å². The van der Waals surface area contributed by atoms with E-state index in [1.54, 1.807) is 12.1 Å². The highest BCUT2D eigenvalue weighted by molar-refractivity contribution is 5.87. The van der Waals surface area contributed by atoms with E-state index in [1.165, 1.54) is 31.5 Å². The summed E-state index contributed by atoms with van der Waals surface area (Å²) < 4.78 is 46.6. The van der Waals surface area contributed by atoms with Crippen molar-refractivity contribution in [2.45, 2.75) is 19.7 Å². The maximum atomic E-state index is 12.5. The Labute approximate surface area is 166 Å². The second-order valence-corrected chi connectivity index (χ2v) is 5.79. The molecule has 0 saturated heterocycles. The van der Waals surface area contributed by atoms with Crippen LogP contribution in [0, 0.1) is 0 Å². The van der Waals surface area contributed by atoms with Crippen LogP contribution in [0.2, 0.25) is 0 Å². The third-order valence-electron chi connectivity index (χ3n) is 3.41. The minimum absolute atomic E-state index is 0.0264. The molecule has 2 amide bonds. The Balaban J connectivity index is 1.53. The van der Waals surface area contributed by atoms with E-state index in [2.05, 4.69) is 35.3 Å². The normalized spacial score (nSPS) is 11.1. The van der Waals surface area contributed by atoms with Crippen molar-refractivity contribution in [1.82, 2.24) is 20.1 Å². The predicted molar refractivity (Wildman–Crippen MR) is 94.9 cm³/mol. The second-order valence-electron chi connectivity index (χ2n) is 5.79. The zero-order valence-electron chi connectivity index (χ0n) is 15.2. The lowest BCUT2D eigenvalue weighted by Gasteiger charge is -2.07. The van der Waals surface area contributed by atoms with Crippen LogP contribution in [-0.4, -0.2) is 32.1 Å². The maximum absolute atomic E-state index is 12.5. The van der Waals surface area contributed by atoms with Gasteiger partial charge in [0.15, 0.2) is 0 Å². The fraction of sp³-hybridized carbons (Fsp3) is 0.176. The van der Waals surface area contributed by atoms with Gasteiger partial charge in [0.2, 0.25) is 11.7 Å². The molecule has 3 aromatic heterocycles. The van der Waals surface area contributed by atoms with Gasteiger partial charge >= 0.3 is 18.2 Å². The number of nitrogens with zero attached hydrogens (tertiary/aromatic N) is 4. The van der Waals surface area contributed by atoms with Crippen molar-refractivity contribution in [3.8, 4) is 11.5 Å². The molecule has 0 unspecified atom stereocenters. The number of nitrogens with one attached hydrogen (secondary N) is 2. The summed E-state index contributed by atoms with van der Waals surface area (Å²) in [6, 6.07) is 5.88.